The zero-order valence-corrected chi connectivity index (χ0v) is 8.00. The molecule has 4 heteroatoms. The van der Waals surface area contributed by atoms with Crippen LogP contribution in [0, 0.1) is 0 Å². The summed E-state index contributed by atoms with van der Waals surface area (Å²) in [5.41, 5.74) is 1.92. The molecule has 0 unspecified atom stereocenters. The summed E-state index contributed by atoms with van der Waals surface area (Å²) < 4.78 is 1.90. The smallest absolute Gasteiger partial charge is 0.328 e. The van der Waals surface area contributed by atoms with Gasteiger partial charge in [0.2, 0.25) is 0 Å². The van der Waals surface area contributed by atoms with Crippen LogP contribution < -0.4 is 0 Å². The standard InChI is InChI=1S/C11H10N2O2/c14-11(15)6-3-7-13-8-12-9-4-1-2-5-10(9)13/h1-6,8H,7H2,(H,14,15)/b6-3+. The lowest BCUT2D eigenvalue weighted by Crippen LogP contribution is -1.94. The molecule has 0 radical (unpaired) electrons. The summed E-state index contributed by atoms with van der Waals surface area (Å²) in [5, 5.41) is 8.44. The van der Waals surface area contributed by atoms with Crippen molar-refractivity contribution < 1.29 is 9.90 Å². The quantitative estimate of drug-likeness (QED) is 0.770. The van der Waals surface area contributed by atoms with Crippen LogP contribution in [0.5, 0.6) is 0 Å². The van der Waals surface area contributed by atoms with Gasteiger partial charge in [-0.05, 0) is 12.1 Å². The van der Waals surface area contributed by atoms with E-state index in [9.17, 15) is 4.79 Å². The van der Waals surface area contributed by atoms with E-state index in [1.807, 2.05) is 28.8 Å². The first-order chi connectivity index (χ1) is 7.27. The molecule has 0 aliphatic carbocycles. The molecule has 4 nitrogen and oxygen atoms in total. The van der Waals surface area contributed by atoms with Crippen molar-refractivity contribution in [2.75, 3.05) is 0 Å². The first-order valence-corrected chi connectivity index (χ1v) is 4.57. The Kier molecular flexibility index (Phi) is 2.49. The van der Waals surface area contributed by atoms with Crippen LogP contribution in [0.25, 0.3) is 11.0 Å². The monoisotopic (exact) mass is 202 g/mol. The summed E-state index contributed by atoms with van der Waals surface area (Å²) in [6.07, 6.45) is 4.43. The van der Waals surface area contributed by atoms with E-state index in [2.05, 4.69) is 4.98 Å². The van der Waals surface area contributed by atoms with Gasteiger partial charge >= 0.3 is 5.97 Å². The second-order valence-electron chi connectivity index (χ2n) is 3.13. The van der Waals surface area contributed by atoms with Gasteiger partial charge in [0.25, 0.3) is 0 Å². The number of hydrogen-bond acceptors (Lipinski definition) is 2. The number of fused-ring (bicyclic) bond motifs is 1. The Morgan fingerprint density at radius 3 is 3.07 bits per heavy atom. The van der Waals surface area contributed by atoms with Gasteiger partial charge in [-0.25, -0.2) is 9.78 Å². The van der Waals surface area contributed by atoms with Crippen molar-refractivity contribution in [1.29, 1.82) is 0 Å². The zero-order valence-electron chi connectivity index (χ0n) is 8.00. The maximum absolute atomic E-state index is 10.3. The number of benzene rings is 1. The molecule has 0 bridgehead atoms. The maximum Gasteiger partial charge on any atom is 0.328 e. The van der Waals surface area contributed by atoms with E-state index < -0.39 is 5.97 Å². The lowest BCUT2D eigenvalue weighted by atomic mass is 10.3. The van der Waals surface area contributed by atoms with E-state index in [1.165, 1.54) is 0 Å². The van der Waals surface area contributed by atoms with Crippen molar-refractivity contribution >= 4 is 17.0 Å². The van der Waals surface area contributed by atoms with Gasteiger partial charge in [-0.15, -0.1) is 0 Å². The molecule has 0 aliphatic heterocycles. The van der Waals surface area contributed by atoms with Gasteiger partial charge in [-0.2, -0.15) is 0 Å². The Balaban J connectivity index is 2.25. The molecule has 2 aromatic rings. The molecule has 0 atom stereocenters. The number of carbonyl (C=O) groups is 1. The molecule has 0 saturated heterocycles. The molecule has 0 fully saturated rings. The van der Waals surface area contributed by atoms with Crippen LogP contribution in [0.15, 0.2) is 42.7 Å². The molecule has 1 aromatic heterocycles. The Bertz CT molecular complexity index is 514. The van der Waals surface area contributed by atoms with Gasteiger partial charge in [0, 0.05) is 12.6 Å². The molecule has 0 aliphatic rings. The fraction of sp³-hybridized carbons (Fsp3) is 0.0909. The van der Waals surface area contributed by atoms with Gasteiger partial charge in [0.1, 0.15) is 0 Å². The first kappa shape index (κ1) is 9.45. The Labute approximate surface area is 86.5 Å². The van der Waals surface area contributed by atoms with Crippen LogP contribution in [0.2, 0.25) is 0 Å². The van der Waals surface area contributed by atoms with Gasteiger partial charge < -0.3 is 9.67 Å². The van der Waals surface area contributed by atoms with Crippen molar-refractivity contribution in [3.63, 3.8) is 0 Å². The van der Waals surface area contributed by atoms with Crippen molar-refractivity contribution in [2.45, 2.75) is 6.54 Å². The highest BCUT2D eigenvalue weighted by Gasteiger charge is 1.98. The lowest BCUT2D eigenvalue weighted by molar-refractivity contribution is -0.131. The van der Waals surface area contributed by atoms with Gasteiger partial charge in [-0.1, -0.05) is 18.2 Å². The number of aliphatic carboxylic acids is 1. The third kappa shape index (κ3) is 2.04. The normalized spacial score (nSPS) is 11.2. The van der Waals surface area contributed by atoms with E-state index in [0.29, 0.717) is 6.54 Å². The van der Waals surface area contributed by atoms with Crippen LogP contribution in [0.3, 0.4) is 0 Å². The fourth-order valence-electron chi connectivity index (χ4n) is 1.42. The highest BCUT2D eigenvalue weighted by Crippen LogP contribution is 2.11. The fourth-order valence-corrected chi connectivity index (χ4v) is 1.42. The van der Waals surface area contributed by atoms with Crippen LogP contribution in [0.1, 0.15) is 0 Å². The Morgan fingerprint density at radius 2 is 2.27 bits per heavy atom. The van der Waals surface area contributed by atoms with E-state index in [4.69, 9.17) is 5.11 Å². The van der Waals surface area contributed by atoms with Crippen molar-refractivity contribution in [3.05, 3.63) is 42.7 Å². The molecule has 1 N–H and O–H groups in total. The third-order valence-electron chi connectivity index (χ3n) is 2.09. The third-order valence-corrected chi connectivity index (χ3v) is 2.09. The molecule has 0 amide bonds. The number of allylic oxidation sites excluding steroid dienone is 1. The number of para-hydroxylation sites is 2. The molecule has 15 heavy (non-hydrogen) atoms. The summed E-state index contributed by atoms with van der Waals surface area (Å²) in [6, 6.07) is 7.73. The maximum atomic E-state index is 10.3. The summed E-state index contributed by atoms with van der Waals surface area (Å²) in [4.78, 5) is 14.5. The average molecular weight is 202 g/mol. The number of carboxylic acid groups (broad SMARTS) is 1. The molecule has 0 spiro atoms. The van der Waals surface area contributed by atoms with Gasteiger partial charge in [0.05, 0.1) is 17.4 Å². The molecule has 1 heterocycles. The van der Waals surface area contributed by atoms with E-state index in [1.54, 1.807) is 12.4 Å². The summed E-state index contributed by atoms with van der Waals surface area (Å²) in [7, 11) is 0. The van der Waals surface area contributed by atoms with Gasteiger partial charge in [0.15, 0.2) is 0 Å². The number of nitrogens with zero attached hydrogens (tertiary/aromatic N) is 2. The largest absolute Gasteiger partial charge is 0.478 e. The highest BCUT2D eigenvalue weighted by molar-refractivity contribution is 5.79. The second kappa shape index (κ2) is 3.96. The van der Waals surface area contributed by atoms with Crippen molar-refractivity contribution in [1.82, 2.24) is 9.55 Å². The highest BCUT2D eigenvalue weighted by atomic mass is 16.4. The summed E-state index contributed by atoms with van der Waals surface area (Å²) in [6.45, 7) is 0.521. The van der Waals surface area contributed by atoms with Crippen LogP contribution in [-0.2, 0) is 11.3 Å². The molecule has 2 rings (SSSR count). The van der Waals surface area contributed by atoms with Crippen LogP contribution >= 0.6 is 0 Å². The molecule has 76 valence electrons. The predicted molar refractivity (Wildman–Crippen MR) is 56.5 cm³/mol. The molecular weight excluding hydrogens is 192 g/mol. The Morgan fingerprint density at radius 1 is 1.47 bits per heavy atom. The minimum Gasteiger partial charge on any atom is -0.478 e. The number of aromatic nitrogens is 2. The number of hydrogen-bond donors (Lipinski definition) is 1. The Hall–Kier alpha value is -2.10. The summed E-state index contributed by atoms with van der Waals surface area (Å²) in [5.74, 6) is -0.931. The minimum atomic E-state index is -0.931. The van der Waals surface area contributed by atoms with Gasteiger partial charge in [-0.3, -0.25) is 0 Å². The van der Waals surface area contributed by atoms with E-state index in [-0.39, 0.29) is 0 Å². The van der Waals surface area contributed by atoms with Crippen molar-refractivity contribution in [3.8, 4) is 0 Å². The second-order valence-corrected chi connectivity index (χ2v) is 3.13. The van der Waals surface area contributed by atoms with Crippen molar-refractivity contribution in [2.24, 2.45) is 0 Å². The number of rotatable bonds is 3. The minimum absolute atomic E-state index is 0.521. The summed E-state index contributed by atoms with van der Waals surface area (Å²) >= 11 is 0. The lowest BCUT2D eigenvalue weighted by Gasteiger charge is -1.97. The zero-order chi connectivity index (χ0) is 10.7. The van der Waals surface area contributed by atoms with Crippen LogP contribution in [0.4, 0.5) is 0 Å². The first-order valence-electron chi connectivity index (χ1n) is 4.57. The number of imidazole rings is 1. The average Bonchev–Trinajstić information content (AvgIpc) is 2.62. The SMILES string of the molecule is O=C(O)/C=C/Cn1cnc2ccccc21. The molecule has 0 saturated carbocycles. The van der Waals surface area contributed by atoms with E-state index >= 15 is 0 Å². The molecule has 1 aromatic carbocycles. The van der Waals surface area contributed by atoms with Crippen LogP contribution in [-0.4, -0.2) is 20.6 Å². The molecular formula is C11H10N2O2. The predicted octanol–water partition coefficient (Wildman–Crippen LogP) is 1.68. The number of carboxylic acids is 1. The topological polar surface area (TPSA) is 55.1 Å². The van der Waals surface area contributed by atoms with E-state index in [0.717, 1.165) is 17.1 Å².